The predicted octanol–water partition coefficient (Wildman–Crippen LogP) is 0.381. The van der Waals surface area contributed by atoms with Gasteiger partial charge in [-0.3, -0.25) is 9.59 Å². The van der Waals surface area contributed by atoms with Gasteiger partial charge in [0.05, 0.1) is 12.6 Å². The zero-order valence-electron chi connectivity index (χ0n) is 12.8. The lowest BCUT2D eigenvalue weighted by Crippen LogP contribution is -2.53. The van der Waals surface area contributed by atoms with Crippen LogP contribution in [0.5, 0.6) is 0 Å². The lowest BCUT2D eigenvalue weighted by Gasteiger charge is -2.38. The monoisotopic (exact) mass is 305 g/mol. The summed E-state index contributed by atoms with van der Waals surface area (Å²) in [6.07, 6.45) is 1.69. The van der Waals surface area contributed by atoms with Crippen molar-refractivity contribution in [2.24, 2.45) is 5.73 Å². The molecule has 2 rings (SSSR count). The first-order chi connectivity index (χ1) is 10.7. The van der Waals surface area contributed by atoms with E-state index < -0.39 is 0 Å². The minimum atomic E-state index is -0.245. The molecule has 0 radical (unpaired) electrons. The Morgan fingerprint density at radius 3 is 2.73 bits per heavy atom. The molecule has 1 saturated heterocycles. The Hall–Kier alpha value is -1.92. The molecule has 3 N–H and O–H groups in total. The number of nitrogens with two attached hydrogens (primary N) is 1. The number of hydrogen-bond donors (Lipinski definition) is 2. The summed E-state index contributed by atoms with van der Waals surface area (Å²) in [5.74, 6) is -0.348. The van der Waals surface area contributed by atoms with E-state index in [1.165, 1.54) is 0 Å². The number of methoxy groups -OCH3 is 1. The van der Waals surface area contributed by atoms with Crippen molar-refractivity contribution in [3.63, 3.8) is 0 Å². The Labute approximate surface area is 130 Å². The summed E-state index contributed by atoms with van der Waals surface area (Å²) >= 11 is 0. The normalized spacial score (nSPS) is 21.5. The van der Waals surface area contributed by atoms with E-state index >= 15 is 0 Å². The topological polar surface area (TPSA) is 84.7 Å². The zero-order valence-corrected chi connectivity index (χ0v) is 12.8. The number of benzene rings is 1. The van der Waals surface area contributed by atoms with Crippen LogP contribution in [0.1, 0.15) is 23.2 Å². The smallest absolute Gasteiger partial charge is 0.251 e. The predicted molar refractivity (Wildman–Crippen MR) is 83.4 cm³/mol. The van der Waals surface area contributed by atoms with Crippen molar-refractivity contribution < 1.29 is 14.3 Å². The van der Waals surface area contributed by atoms with Crippen molar-refractivity contribution in [3.05, 3.63) is 35.9 Å². The van der Waals surface area contributed by atoms with Gasteiger partial charge in [-0.05, 0) is 25.0 Å². The highest BCUT2D eigenvalue weighted by atomic mass is 16.5. The van der Waals surface area contributed by atoms with Crippen LogP contribution >= 0.6 is 0 Å². The minimum absolute atomic E-state index is 0.0120. The first-order valence-electron chi connectivity index (χ1n) is 7.51. The minimum Gasteiger partial charge on any atom is -0.381 e. The summed E-state index contributed by atoms with van der Waals surface area (Å²) in [6.45, 7) is 1.00. The Kier molecular flexibility index (Phi) is 5.91. The van der Waals surface area contributed by atoms with E-state index in [4.69, 9.17) is 10.5 Å². The van der Waals surface area contributed by atoms with Gasteiger partial charge >= 0.3 is 0 Å². The molecule has 0 spiro atoms. The number of ether oxygens (including phenoxy) is 1. The molecule has 1 aromatic rings. The fraction of sp³-hybridized carbons (Fsp3) is 0.500. The van der Waals surface area contributed by atoms with E-state index in [9.17, 15) is 9.59 Å². The van der Waals surface area contributed by atoms with Crippen LogP contribution in [0.4, 0.5) is 0 Å². The molecule has 22 heavy (non-hydrogen) atoms. The molecule has 1 heterocycles. The molecule has 0 aliphatic carbocycles. The van der Waals surface area contributed by atoms with Gasteiger partial charge in [0.25, 0.3) is 5.91 Å². The van der Waals surface area contributed by atoms with Crippen LogP contribution in [0.3, 0.4) is 0 Å². The van der Waals surface area contributed by atoms with Crippen molar-refractivity contribution in [2.75, 3.05) is 26.7 Å². The third-order valence-corrected chi connectivity index (χ3v) is 4.03. The van der Waals surface area contributed by atoms with E-state index in [0.29, 0.717) is 18.7 Å². The molecular formula is C16H23N3O3. The van der Waals surface area contributed by atoms with Crippen LogP contribution in [0.2, 0.25) is 0 Å². The van der Waals surface area contributed by atoms with Gasteiger partial charge in [-0.25, -0.2) is 0 Å². The molecule has 1 aromatic carbocycles. The highest BCUT2D eigenvalue weighted by molar-refractivity contribution is 5.96. The van der Waals surface area contributed by atoms with Crippen LogP contribution in [0, 0.1) is 0 Å². The quantitative estimate of drug-likeness (QED) is 0.824. The van der Waals surface area contributed by atoms with Crippen molar-refractivity contribution in [1.29, 1.82) is 0 Å². The van der Waals surface area contributed by atoms with Crippen molar-refractivity contribution >= 4 is 11.8 Å². The molecule has 2 unspecified atom stereocenters. The molecular weight excluding hydrogens is 282 g/mol. The van der Waals surface area contributed by atoms with E-state index in [-0.39, 0.29) is 30.5 Å². The lowest BCUT2D eigenvalue weighted by atomic mass is 9.99. The molecule has 120 valence electrons. The first-order valence-corrected chi connectivity index (χ1v) is 7.51. The number of carbonyl (C=O) groups excluding carboxylic acids is 2. The van der Waals surface area contributed by atoms with E-state index in [1.54, 1.807) is 36.3 Å². The molecule has 1 aliphatic rings. The van der Waals surface area contributed by atoms with E-state index in [2.05, 4.69) is 5.32 Å². The van der Waals surface area contributed by atoms with Gasteiger partial charge in [0.15, 0.2) is 0 Å². The van der Waals surface area contributed by atoms with Gasteiger partial charge < -0.3 is 20.7 Å². The summed E-state index contributed by atoms with van der Waals surface area (Å²) < 4.78 is 5.34. The van der Waals surface area contributed by atoms with Crippen LogP contribution in [-0.2, 0) is 9.53 Å². The summed E-state index contributed by atoms with van der Waals surface area (Å²) in [5.41, 5.74) is 6.30. The van der Waals surface area contributed by atoms with Crippen LogP contribution in [0.25, 0.3) is 0 Å². The van der Waals surface area contributed by atoms with Crippen molar-refractivity contribution in [1.82, 2.24) is 10.2 Å². The summed E-state index contributed by atoms with van der Waals surface area (Å²) in [7, 11) is 1.68. The van der Waals surface area contributed by atoms with E-state index in [1.807, 2.05) is 6.07 Å². The van der Waals surface area contributed by atoms with Crippen LogP contribution < -0.4 is 11.1 Å². The van der Waals surface area contributed by atoms with E-state index in [0.717, 1.165) is 12.8 Å². The summed E-state index contributed by atoms with van der Waals surface area (Å²) in [5, 5.41) is 2.66. The van der Waals surface area contributed by atoms with Gasteiger partial charge in [-0.15, -0.1) is 0 Å². The third kappa shape index (κ3) is 4.05. The SMILES string of the molecule is COC1CCN(C(=O)CNC(=O)c2ccccc2)C(CN)C1. The Morgan fingerprint density at radius 1 is 1.36 bits per heavy atom. The fourth-order valence-corrected chi connectivity index (χ4v) is 2.73. The number of amides is 2. The average molecular weight is 305 g/mol. The number of nitrogens with zero attached hydrogens (tertiary/aromatic N) is 1. The molecule has 1 fully saturated rings. The Bertz CT molecular complexity index is 507. The molecule has 0 bridgehead atoms. The number of piperidine rings is 1. The molecule has 6 heteroatoms. The number of rotatable bonds is 5. The van der Waals surface area contributed by atoms with Crippen molar-refractivity contribution in [3.8, 4) is 0 Å². The number of hydrogen-bond acceptors (Lipinski definition) is 4. The van der Waals surface area contributed by atoms with Gasteiger partial charge in [0.2, 0.25) is 5.91 Å². The van der Waals surface area contributed by atoms with Gasteiger partial charge in [0.1, 0.15) is 0 Å². The second-order valence-corrected chi connectivity index (χ2v) is 5.41. The maximum Gasteiger partial charge on any atom is 0.251 e. The number of carbonyl (C=O) groups is 2. The second kappa shape index (κ2) is 7.91. The Morgan fingerprint density at radius 2 is 2.09 bits per heavy atom. The second-order valence-electron chi connectivity index (χ2n) is 5.41. The maximum absolute atomic E-state index is 12.3. The lowest BCUT2D eigenvalue weighted by molar-refractivity contribution is -0.135. The average Bonchev–Trinajstić information content (AvgIpc) is 2.59. The number of nitrogens with one attached hydrogen (secondary N) is 1. The standard InChI is InChI=1S/C16H23N3O3/c1-22-14-7-8-19(13(9-14)10-17)15(20)11-18-16(21)12-5-3-2-4-6-12/h2-6,13-14H,7-11,17H2,1H3,(H,18,21). The van der Waals surface area contributed by atoms with Crippen LogP contribution in [0.15, 0.2) is 30.3 Å². The molecule has 0 aromatic heterocycles. The molecule has 1 aliphatic heterocycles. The molecule has 0 saturated carbocycles. The summed E-state index contributed by atoms with van der Waals surface area (Å²) in [4.78, 5) is 26.0. The van der Waals surface area contributed by atoms with Gasteiger partial charge in [0, 0.05) is 31.8 Å². The van der Waals surface area contributed by atoms with Gasteiger partial charge in [-0.2, -0.15) is 0 Å². The molecule has 6 nitrogen and oxygen atoms in total. The molecule has 2 atom stereocenters. The highest BCUT2D eigenvalue weighted by Crippen LogP contribution is 2.19. The van der Waals surface area contributed by atoms with Crippen molar-refractivity contribution in [2.45, 2.75) is 25.0 Å². The van der Waals surface area contributed by atoms with Gasteiger partial charge in [-0.1, -0.05) is 18.2 Å². The third-order valence-electron chi connectivity index (χ3n) is 4.03. The fourth-order valence-electron chi connectivity index (χ4n) is 2.73. The largest absolute Gasteiger partial charge is 0.381 e. The summed E-state index contributed by atoms with van der Waals surface area (Å²) in [6, 6.07) is 8.82. The Balaban J connectivity index is 1.87. The first kappa shape index (κ1) is 16.5. The number of likely N-dealkylation sites (tertiary alicyclic amines) is 1. The highest BCUT2D eigenvalue weighted by Gasteiger charge is 2.30. The maximum atomic E-state index is 12.3. The van der Waals surface area contributed by atoms with Crippen LogP contribution in [-0.4, -0.2) is 55.6 Å². The zero-order chi connectivity index (χ0) is 15.9. The molecule has 2 amide bonds.